The van der Waals surface area contributed by atoms with Gasteiger partial charge >= 0.3 is 0 Å². The third kappa shape index (κ3) is 1.70. The number of allylic oxidation sites excluding steroid dienone is 1. The van der Waals surface area contributed by atoms with Crippen LogP contribution in [0, 0.1) is 0 Å². The first-order valence-electron chi connectivity index (χ1n) is 5.15. The normalized spacial score (nSPS) is 10.2. The molecule has 0 aliphatic rings. The van der Waals surface area contributed by atoms with E-state index in [-0.39, 0.29) is 5.91 Å². The highest BCUT2D eigenvalue weighted by molar-refractivity contribution is 6.07. The number of hydrogen-bond donors (Lipinski definition) is 1. The predicted molar refractivity (Wildman–Crippen MR) is 66.4 cm³/mol. The molecule has 0 spiro atoms. The summed E-state index contributed by atoms with van der Waals surface area (Å²) in [4.78, 5) is 11.5. The zero-order valence-corrected chi connectivity index (χ0v) is 8.94. The lowest BCUT2D eigenvalue weighted by atomic mass is 9.96. The largest absolute Gasteiger partial charge is 0.366 e. The first-order valence-corrected chi connectivity index (χ1v) is 5.15. The van der Waals surface area contributed by atoms with Gasteiger partial charge in [0.1, 0.15) is 0 Å². The Morgan fingerprint density at radius 3 is 2.69 bits per heavy atom. The molecule has 0 bridgehead atoms. The van der Waals surface area contributed by atoms with E-state index in [4.69, 9.17) is 5.73 Å². The van der Waals surface area contributed by atoms with Crippen LogP contribution in [0.15, 0.2) is 49.1 Å². The molecule has 2 heteroatoms. The number of primary amides is 1. The van der Waals surface area contributed by atoms with E-state index in [1.807, 2.05) is 36.4 Å². The zero-order chi connectivity index (χ0) is 11.5. The minimum Gasteiger partial charge on any atom is -0.366 e. The molecule has 0 radical (unpaired) electrons. The monoisotopic (exact) mass is 211 g/mol. The Morgan fingerprint density at radius 2 is 2.00 bits per heavy atom. The smallest absolute Gasteiger partial charge is 0.249 e. The molecule has 0 aromatic heterocycles. The van der Waals surface area contributed by atoms with E-state index >= 15 is 0 Å². The van der Waals surface area contributed by atoms with Crippen LogP contribution in [-0.2, 0) is 6.42 Å². The summed E-state index contributed by atoms with van der Waals surface area (Å²) in [5.41, 5.74) is 6.98. The van der Waals surface area contributed by atoms with Crippen LogP contribution in [-0.4, -0.2) is 5.91 Å². The summed E-state index contributed by atoms with van der Waals surface area (Å²) in [7, 11) is 0. The Kier molecular flexibility index (Phi) is 2.73. The molecule has 0 atom stereocenters. The van der Waals surface area contributed by atoms with Crippen molar-refractivity contribution in [2.45, 2.75) is 6.42 Å². The van der Waals surface area contributed by atoms with Crippen LogP contribution in [0.4, 0.5) is 0 Å². The van der Waals surface area contributed by atoms with Crippen molar-refractivity contribution in [1.29, 1.82) is 0 Å². The zero-order valence-electron chi connectivity index (χ0n) is 8.94. The highest BCUT2D eigenvalue weighted by Crippen LogP contribution is 2.22. The Hall–Kier alpha value is -2.09. The van der Waals surface area contributed by atoms with Crippen molar-refractivity contribution >= 4 is 16.7 Å². The molecule has 0 aliphatic carbocycles. The van der Waals surface area contributed by atoms with Crippen molar-refractivity contribution in [3.63, 3.8) is 0 Å². The van der Waals surface area contributed by atoms with Crippen molar-refractivity contribution in [2.75, 3.05) is 0 Å². The topological polar surface area (TPSA) is 43.1 Å². The lowest BCUT2D eigenvalue weighted by molar-refractivity contribution is 0.100. The first kappa shape index (κ1) is 10.4. The van der Waals surface area contributed by atoms with Crippen molar-refractivity contribution in [3.05, 3.63) is 60.2 Å². The van der Waals surface area contributed by atoms with Crippen molar-refractivity contribution in [1.82, 2.24) is 0 Å². The molecule has 2 N–H and O–H groups in total. The lowest BCUT2D eigenvalue weighted by Gasteiger charge is -2.08. The number of nitrogens with two attached hydrogens (primary N) is 1. The molecule has 2 rings (SSSR count). The molecule has 0 saturated heterocycles. The molecule has 2 aromatic rings. The number of carbonyl (C=O) groups is 1. The Bertz CT molecular complexity index is 558. The highest BCUT2D eigenvalue weighted by Gasteiger charge is 2.11. The van der Waals surface area contributed by atoms with Crippen molar-refractivity contribution in [3.8, 4) is 0 Å². The molecular weight excluding hydrogens is 198 g/mol. The number of fused-ring (bicyclic) bond motifs is 1. The standard InChI is InChI=1S/C14H13NO/c1-2-5-11-9-8-10-6-3-4-7-12(10)13(11)14(15)16/h2-4,6-9H,1,5H2,(H2,15,16). The molecule has 0 saturated carbocycles. The summed E-state index contributed by atoms with van der Waals surface area (Å²) in [6, 6.07) is 11.7. The van der Waals surface area contributed by atoms with Crippen LogP contribution in [0.1, 0.15) is 15.9 Å². The van der Waals surface area contributed by atoms with E-state index in [1.54, 1.807) is 6.08 Å². The second kappa shape index (κ2) is 4.19. The fourth-order valence-corrected chi connectivity index (χ4v) is 1.93. The van der Waals surface area contributed by atoms with Gasteiger partial charge in [0.15, 0.2) is 0 Å². The number of carbonyl (C=O) groups excluding carboxylic acids is 1. The first-order chi connectivity index (χ1) is 7.74. The van der Waals surface area contributed by atoms with E-state index in [0.717, 1.165) is 16.3 Å². The minimum absolute atomic E-state index is 0.381. The van der Waals surface area contributed by atoms with Gasteiger partial charge in [-0.15, -0.1) is 6.58 Å². The Labute approximate surface area is 94.4 Å². The predicted octanol–water partition coefficient (Wildman–Crippen LogP) is 2.67. The summed E-state index contributed by atoms with van der Waals surface area (Å²) < 4.78 is 0. The van der Waals surface area contributed by atoms with Crippen LogP contribution in [0.2, 0.25) is 0 Å². The third-order valence-corrected chi connectivity index (χ3v) is 2.63. The van der Waals surface area contributed by atoms with Crippen LogP contribution < -0.4 is 5.73 Å². The van der Waals surface area contributed by atoms with Gasteiger partial charge in [-0.3, -0.25) is 4.79 Å². The van der Waals surface area contributed by atoms with Crippen molar-refractivity contribution < 1.29 is 4.79 Å². The van der Waals surface area contributed by atoms with Gasteiger partial charge in [-0.2, -0.15) is 0 Å². The van der Waals surface area contributed by atoms with Gasteiger partial charge in [-0.1, -0.05) is 42.5 Å². The maximum Gasteiger partial charge on any atom is 0.249 e. The second-order valence-electron chi connectivity index (χ2n) is 3.68. The number of rotatable bonds is 3. The van der Waals surface area contributed by atoms with Crippen LogP contribution >= 0.6 is 0 Å². The Balaban J connectivity index is 2.78. The van der Waals surface area contributed by atoms with Gasteiger partial charge in [0.2, 0.25) is 5.91 Å². The fraction of sp³-hybridized carbons (Fsp3) is 0.0714. The van der Waals surface area contributed by atoms with E-state index in [2.05, 4.69) is 6.58 Å². The number of benzene rings is 2. The average Bonchev–Trinajstić information content (AvgIpc) is 2.28. The van der Waals surface area contributed by atoms with Crippen molar-refractivity contribution in [2.24, 2.45) is 5.73 Å². The maximum absolute atomic E-state index is 11.5. The molecule has 16 heavy (non-hydrogen) atoms. The minimum atomic E-state index is -0.381. The van der Waals surface area contributed by atoms with Crippen LogP contribution in [0.25, 0.3) is 10.8 Å². The van der Waals surface area contributed by atoms with Crippen LogP contribution in [0.3, 0.4) is 0 Å². The lowest BCUT2D eigenvalue weighted by Crippen LogP contribution is -2.14. The SMILES string of the molecule is C=CCc1ccc2ccccc2c1C(N)=O. The van der Waals surface area contributed by atoms with Gasteiger partial charge in [0.05, 0.1) is 5.56 Å². The molecule has 0 heterocycles. The molecule has 2 aromatic carbocycles. The summed E-state index contributed by atoms with van der Waals surface area (Å²) >= 11 is 0. The fourth-order valence-electron chi connectivity index (χ4n) is 1.93. The van der Waals surface area contributed by atoms with E-state index in [9.17, 15) is 4.79 Å². The number of amides is 1. The van der Waals surface area contributed by atoms with E-state index in [1.165, 1.54) is 0 Å². The molecular formula is C14H13NO. The van der Waals surface area contributed by atoms with E-state index < -0.39 is 0 Å². The molecule has 80 valence electrons. The maximum atomic E-state index is 11.5. The van der Waals surface area contributed by atoms with Gasteiger partial charge in [-0.05, 0) is 22.8 Å². The summed E-state index contributed by atoms with van der Waals surface area (Å²) in [6.45, 7) is 3.68. The second-order valence-corrected chi connectivity index (χ2v) is 3.68. The summed E-state index contributed by atoms with van der Waals surface area (Å²) in [5.74, 6) is -0.381. The van der Waals surface area contributed by atoms with E-state index in [0.29, 0.717) is 12.0 Å². The van der Waals surface area contributed by atoms with Gasteiger partial charge in [-0.25, -0.2) is 0 Å². The van der Waals surface area contributed by atoms with Gasteiger partial charge in [0.25, 0.3) is 0 Å². The summed E-state index contributed by atoms with van der Waals surface area (Å²) in [5, 5.41) is 1.94. The molecule has 0 aliphatic heterocycles. The molecule has 0 fully saturated rings. The molecule has 2 nitrogen and oxygen atoms in total. The van der Waals surface area contributed by atoms with Gasteiger partial charge < -0.3 is 5.73 Å². The van der Waals surface area contributed by atoms with Crippen LogP contribution in [0.5, 0.6) is 0 Å². The number of hydrogen-bond acceptors (Lipinski definition) is 1. The quantitative estimate of drug-likeness (QED) is 0.779. The third-order valence-electron chi connectivity index (χ3n) is 2.63. The molecule has 1 amide bonds. The summed E-state index contributed by atoms with van der Waals surface area (Å²) in [6.07, 6.45) is 2.43. The Morgan fingerprint density at radius 1 is 1.25 bits per heavy atom. The van der Waals surface area contributed by atoms with Gasteiger partial charge in [0, 0.05) is 0 Å². The average molecular weight is 211 g/mol. The highest BCUT2D eigenvalue weighted by atomic mass is 16.1. The molecule has 0 unspecified atom stereocenters.